The van der Waals surface area contributed by atoms with Crippen LogP contribution in [-0.2, 0) is 10.8 Å². The van der Waals surface area contributed by atoms with Crippen molar-refractivity contribution in [3.8, 4) is 55.9 Å². The summed E-state index contributed by atoms with van der Waals surface area (Å²) < 4.78 is 4.91. The van der Waals surface area contributed by atoms with Crippen LogP contribution in [0.25, 0.3) is 143 Å². The fourth-order valence-corrected chi connectivity index (χ4v) is 18.4. The van der Waals surface area contributed by atoms with Gasteiger partial charge in [-0.3, -0.25) is 0 Å². The van der Waals surface area contributed by atoms with Crippen molar-refractivity contribution in [3.05, 3.63) is 411 Å². The van der Waals surface area contributed by atoms with Crippen LogP contribution < -0.4 is 9.80 Å². The molecule has 0 aliphatic heterocycles. The Morgan fingerprint density at radius 3 is 1.05 bits per heavy atom. The Bertz CT molecular complexity index is 7060. The first-order valence-corrected chi connectivity index (χ1v) is 38.4. The molecule has 20 aromatic rings. The van der Waals surface area contributed by atoms with E-state index in [1.807, 2.05) is 0 Å². The number of aromatic nitrogens is 2. The highest BCUT2D eigenvalue weighted by Gasteiger charge is 2.38. The summed E-state index contributed by atoms with van der Waals surface area (Å²) in [5.41, 5.74) is 29.4. The molecule has 18 aromatic carbocycles. The number of benzene rings is 18. The highest BCUT2D eigenvalue weighted by molar-refractivity contribution is 6.20. The molecule has 0 unspecified atom stereocenters. The first-order chi connectivity index (χ1) is 54.1. The molecule has 0 saturated heterocycles. The lowest BCUT2D eigenvalue weighted by molar-refractivity contribution is 0.660. The molecular formula is C106H76N4. The highest BCUT2D eigenvalue weighted by atomic mass is 15.1. The van der Waals surface area contributed by atoms with Gasteiger partial charge in [0.1, 0.15) is 0 Å². The van der Waals surface area contributed by atoms with Crippen LogP contribution in [0, 0.1) is 0 Å². The average Bonchev–Trinajstić information content (AvgIpc) is 1.57. The van der Waals surface area contributed by atoms with Crippen LogP contribution in [0.1, 0.15) is 49.9 Å². The number of para-hydroxylation sites is 4. The van der Waals surface area contributed by atoms with E-state index in [1.54, 1.807) is 0 Å². The second kappa shape index (κ2) is 25.4. The predicted molar refractivity (Wildman–Crippen MR) is 467 cm³/mol. The number of fused-ring (bicyclic) bond motifs is 18. The third-order valence-electron chi connectivity index (χ3n) is 23.9. The Morgan fingerprint density at radius 1 is 0.200 bits per heavy atom. The molecule has 2 aliphatic carbocycles. The second-order valence-electron chi connectivity index (χ2n) is 30.8. The van der Waals surface area contributed by atoms with Gasteiger partial charge in [0.05, 0.1) is 22.1 Å². The maximum Gasteiger partial charge on any atom is 0.0619 e. The summed E-state index contributed by atoms with van der Waals surface area (Å²) in [6.45, 7) is 9.51. The van der Waals surface area contributed by atoms with Gasteiger partial charge in [-0.2, -0.15) is 0 Å². The molecule has 22 rings (SSSR count). The Kier molecular flexibility index (Phi) is 14.9. The van der Waals surface area contributed by atoms with E-state index in [1.165, 1.54) is 159 Å². The maximum absolute atomic E-state index is 2.48. The van der Waals surface area contributed by atoms with Crippen LogP contribution in [0.4, 0.5) is 34.1 Å². The van der Waals surface area contributed by atoms with Crippen LogP contribution in [0.3, 0.4) is 0 Å². The molecule has 2 aliphatic rings. The monoisotopic (exact) mass is 1400 g/mol. The number of rotatable bonds is 10. The summed E-state index contributed by atoms with van der Waals surface area (Å²) in [6.07, 6.45) is 0. The quantitative estimate of drug-likeness (QED) is 0.136. The molecule has 2 aromatic heterocycles. The second-order valence-corrected chi connectivity index (χ2v) is 30.8. The summed E-state index contributed by atoms with van der Waals surface area (Å²) in [4.78, 5) is 4.77. The van der Waals surface area contributed by atoms with Crippen molar-refractivity contribution < 1.29 is 0 Å². The molecule has 4 heteroatoms. The van der Waals surface area contributed by atoms with E-state index in [0.717, 1.165) is 39.8 Å². The van der Waals surface area contributed by atoms with Gasteiger partial charge in [0.25, 0.3) is 0 Å². The molecule has 2 heterocycles. The molecule has 520 valence electrons. The molecule has 0 fully saturated rings. The van der Waals surface area contributed by atoms with Gasteiger partial charge in [0.15, 0.2) is 0 Å². The molecule has 110 heavy (non-hydrogen) atoms. The van der Waals surface area contributed by atoms with E-state index in [9.17, 15) is 0 Å². The van der Waals surface area contributed by atoms with E-state index in [0.29, 0.717) is 0 Å². The Morgan fingerprint density at radius 2 is 0.536 bits per heavy atom. The van der Waals surface area contributed by atoms with Gasteiger partial charge in [-0.25, -0.2) is 0 Å². The van der Waals surface area contributed by atoms with Crippen molar-refractivity contribution in [1.82, 2.24) is 9.13 Å². The molecule has 0 radical (unpaired) electrons. The minimum Gasteiger partial charge on any atom is -0.310 e. The van der Waals surface area contributed by atoms with Gasteiger partial charge >= 0.3 is 0 Å². The van der Waals surface area contributed by atoms with Gasteiger partial charge in [0.2, 0.25) is 0 Å². The van der Waals surface area contributed by atoms with Gasteiger partial charge in [0, 0.05) is 88.6 Å². The van der Waals surface area contributed by atoms with Gasteiger partial charge in [-0.1, -0.05) is 289 Å². The summed E-state index contributed by atoms with van der Waals surface area (Å²) in [7, 11) is 0. The van der Waals surface area contributed by atoms with Crippen LogP contribution in [0.5, 0.6) is 0 Å². The average molecular weight is 1410 g/mol. The maximum atomic E-state index is 2.48. The lowest BCUT2D eigenvalue weighted by Gasteiger charge is -2.28. The van der Waals surface area contributed by atoms with Crippen molar-refractivity contribution in [1.29, 1.82) is 0 Å². The van der Waals surface area contributed by atoms with Crippen LogP contribution in [-0.4, -0.2) is 9.13 Å². The third-order valence-corrected chi connectivity index (χ3v) is 23.9. The highest BCUT2D eigenvalue weighted by Crippen LogP contribution is 2.54. The number of nitrogens with zero attached hydrogens (tertiary/aromatic N) is 4. The standard InChI is InChI=1S/2C53H38N2/c1-53(2)49-33-39-14-7-6-13-38(39)32-48(49)45-31-29-43(34-50(45)53)54(40-15-4-3-5-16-40)41-25-20-35(21-26-41)36-22-27-42(28-23-36)55-51-19-11-10-18-46(51)47-30-24-37-12-8-9-17-44(37)52(47)55;1-53(2)49-33-42(54(40-15-4-3-5-16-40)41-25-22-36(23-26-41)39-21-20-35-12-6-7-14-38(35)32-39)27-30-45(49)46-31-28-43(34-50(46)53)55-51-19-11-10-18-47(51)48-29-24-37-13-8-9-17-44(37)52(48)55/h2*3-34H,1-2H3. The summed E-state index contributed by atoms with van der Waals surface area (Å²) in [6, 6.07) is 143. The molecular weight excluding hydrogens is 1330 g/mol. The summed E-state index contributed by atoms with van der Waals surface area (Å²) in [5, 5.41) is 15.3. The number of anilines is 6. The fourth-order valence-electron chi connectivity index (χ4n) is 18.4. The van der Waals surface area contributed by atoms with Crippen LogP contribution >= 0.6 is 0 Å². The molecule has 0 N–H and O–H groups in total. The topological polar surface area (TPSA) is 16.3 Å². The minimum absolute atomic E-state index is 0.116. The number of hydrogen-bond acceptors (Lipinski definition) is 2. The van der Waals surface area contributed by atoms with Crippen molar-refractivity contribution in [2.45, 2.75) is 38.5 Å². The zero-order valence-corrected chi connectivity index (χ0v) is 61.7. The lowest BCUT2D eigenvalue weighted by atomic mass is 9.81. The van der Waals surface area contributed by atoms with E-state index >= 15 is 0 Å². The third kappa shape index (κ3) is 10.4. The number of hydrogen-bond donors (Lipinski definition) is 0. The van der Waals surface area contributed by atoms with Gasteiger partial charge in [-0.15, -0.1) is 0 Å². The largest absolute Gasteiger partial charge is 0.310 e. The normalized spacial score (nSPS) is 13.1. The molecule has 0 saturated carbocycles. The van der Waals surface area contributed by atoms with E-state index in [4.69, 9.17) is 0 Å². The zero-order valence-electron chi connectivity index (χ0n) is 61.7. The molecule has 0 bridgehead atoms. The van der Waals surface area contributed by atoms with Crippen molar-refractivity contribution in [3.63, 3.8) is 0 Å². The Labute approximate surface area is 640 Å². The summed E-state index contributed by atoms with van der Waals surface area (Å²) in [5.74, 6) is 0. The summed E-state index contributed by atoms with van der Waals surface area (Å²) >= 11 is 0. The molecule has 0 spiro atoms. The first kappa shape index (κ1) is 64.6. The minimum atomic E-state index is -0.209. The van der Waals surface area contributed by atoms with Crippen molar-refractivity contribution >= 4 is 121 Å². The van der Waals surface area contributed by atoms with E-state index in [-0.39, 0.29) is 10.8 Å². The smallest absolute Gasteiger partial charge is 0.0619 e. The lowest BCUT2D eigenvalue weighted by Crippen LogP contribution is -2.17. The van der Waals surface area contributed by atoms with Crippen LogP contribution in [0.15, 0.2) is 388 Å². The van der Waals surface area contributed by atoms with Crippen molar-refractivity contribution in [2.75, 3.05) is 9.80 Å². The Hall–Kier alpha value is -13.8. The van der Waals surface area contributed by atoms with E-state index < -0.39 is 0 Å². The van der Waals surface area contributed by atoms with Crippen molar-refractivity contribution in [2.24, 2.45) is 0 Å². The SMILES string of the molecule is CC1(C)c2cc(N(c3ccccc3)c3ccc(-c4ccc(-n5c6ccccc6c6ccc7ccccc7c65)cc4)cc3)ccc2-c2cc3ccccc3cc21.CC1(C)c2cc(N(c3ccccc3)c3ccc(-c4ccc5ccccc5c4)cc3)ccc2-c2ccc(-n3c4ccccc4c4ccc5ccccc5c43)cc21. The zero-order chi connectivity index (χ0) is 73.3. The molecule has 0 atom stereocenters. The van der Waals surface area contributed by atoms with Gasteiger partial charge in [-0.05, 0) is 226 Å². The molecule has 0 amide bonds. The predicted octanol–water partition coefficient (Wildman–Crippen LogP) is 29.1. The Balaban J connectivity index is 0.000000140. The van der Waals surface area contributed by atoms with E-state index in [2.05, 4.69) is 435 Å². The molecule has 4 nitrogen and oxygen atoms in total. The van der Waals surface area contributed by atoms with Gasteiger partial charge < -0.3 is 18.9 Å². The first-order valence-electron chi connectivity index (χ1n) is 38.4. The fraction of sp³-hybridized carbons (Fsp3) is 0.0566. The van der Waals surface area contributed by atoms with Crippen LogP contribution in [0.2, 0.25) is 0 Å².